The lowest BCUT2D eigenvalue weighted by Crippen LogP contribution is -2.41. The van der Waals surface area contributed by atoms with Gasteiger partial charge in [0.05, 0.1) is 30.4 Å². The first-order valence-electron chi connectivity index (χ1n) is 10.0. The topological polar surface area (TPSA) is 172 Å². The van der Waals surface area contributed by atoms with Crippen LogP contribution in [0.2, 0.25) is 0 Å². The number of aliphatic hydroxyl groups is 3. The predicted octanol–water partition coefficient (Wildman–Crippen LogP) is -1.05. The quantitative estimate of drug-likeness (QED) is 0.102. The van der Waals surface area contributed by atoms with Gasteiger partial charge in [0.1, 0.15) is 6.10 Å². The number of aryl methyl sites for hydroxylation is 3. The monoisotopic (exact) mass is 436 g/mol. The molecule has 172 valence electrons. The van der Waals surface area contributed by atoms with Crippen molar-refractivity contribution in [3.05, 3.63) is 39.3 Å². The Kier molecular flexibility index (Phi) is 8.89. The van der Waals surface area contributed by atoms with E-state index in [9.17, 15) is 15.0 Å². The maximum Gasteiger partial charge on any atom is 0.280 e. The van der Waals surface area contributed by atoms with Crippen LogP contribution >= 0.6 is 0 Å². The Hall–Kier alpha value is -2.57. The molecule has 2 unspecified atom stereocenters. The molecule has 0 saturated heterocycles. The van der Waals surface area contributed by atoms with Crippen LogP contribution in [-0.2, 0) is 11.3 Å². The number of hydrazine groups is 1. The van der Waals surface area contributed by atoms with Crippen molar-refractivity contribution in [2.24, 2.45) is 16.8 Å². The highest BCUT2D eigenvalue weighted by Crippen LogP contribution is 2.18. The zero-order valence-corrected chi connectivity index (χ0v) is 18.2. The Morgan fingerprint density at radius 1 is 1.26 bits per heavy atom. The second-order valence-electron chi connectivity index (χ2n) is 7.55. The zero-order chi connectivity index (χ0) is 23.1. The number of hydrogen-bond acceptors (Lipinski definition) is 9. The Balaban J connectivity index is 2.29. The summed E-state index contributed by atoms with van der Waals surface area (Å²) in [4.78, 5) is 17.6. The van der Waals surface area contributed by atoms with Crippen molar-refractivity contribution in [3.8, 4) is 0 Å². The van der Waals surface area contributed by atoms with E-state index in [-0.39, 0.29) is 37.9 Å². The molecule has 0 fully saturated rings. The average Bonchev–Trinajstić information content (AvgIpc) is 2.72. The van der Waals surface area contributed by atoms with Crippen LogP contribution in [0, 0.1) is 13.8 Å². The molecule has 2 aromatic rings. The first-order valence-corrected chi connectivity index (χ1v) is 10.0. The minimum Gasteiger partial charge on any atom is -0.394 e. The van der Waals surface area contributed by atoms with Gasteiger partial charge in [0, 0.05) is 20.2 Å². The molecule has 0 amide bonds. The second kappa shape index (κ2) is 11.2. The van der Waals surface area contributed by atoms with Crippen molar-refractivity contribution in [1.82, 2.24) is 14.6 Å². The molecule has 0 radical (unpaired) electrons. The van der Waals surface area contributed by atoms with E-state index in [1.54, 1.807) is 4.57 Å². The molecule has 0 saturated carbocycles. The highest BCUT2D eigenvalue weighted by molar-refractivity contribution is 5.97. The summed E-state index contributed by atoms with van der Waals surface area (Å²) < 4.78 is 6.77. The van der Waals surface area contributed by atoms with E-state index in [2.05, 4.69) is 10.1 Å². The SMILES string of the molecule is Cc1cc2nc(/C(=N/N)N(C)N)c(=O)n(CCC(O)CCOCC(O)CO)c2cc1C. The van der Waals surface area contributed by atoms with Crippen LogP contribution in [0.5, 0.6) is 0 Å². The number of hydrazone groups is 1. The number of hydrogen-bond donors (Lipinski definition) is 5. The molecule has 0 aliphatic rings. The number of ether oxygens (including phenoxy) is 1. The lowest BCUT2D eigenvalue weighted by molar-refractivity contribution is -0.00402. The van der Waals surface area contributed by atoms with Crippen LogP contribution in [0.4, 0.5) is 0 Å². The van der Waals surface area contributed by atoms with Gasteiger partial charge < -0.3 is 30.5 Å². The van der Waals surface area contributed by atoms with E-state index >= 15 is 0 Å². The zero-order valence-electron chi connectivity index (χ0n) is 18.2. The third-order valence-corrected chi connectivity index (χ3v) is 5.03. The molecule has 1 heterocycles. The van der Waals surface area contributed by atoms with Gasteiger partial charge in [0.15, 0.2) is 11.5 Å². The molecule has 11 nitrogen and oxygen atoms in total. The first kappa shape index (κ1) is 24.7. The Morgan fingerprint density at radius 3 is 2.55 bits per heavy atom. The van der Waals surface area contributed by atoms with Crippen molar-refractivity contribution >= 4 is 16.9 Å². The third-order valence-electron chi connectivity index (χ3n) is 5.03. The summed E-state index contributed by atoms with van der Waals surface area (Å²) in [5.41, 5.74) is 2.88. The van der Waals surface area contributed by atoms with Gasteiger partial charge in [-0.15, -0.1) is 0 Å². The fourth-order valence-corrected chi connectivity index (χ4v) is 3.10. The second-order valence-corrected chi connectivity index (χ2v) is 7.55. The molecule has 0 spiro atoms. The molecule has 1 aromatic carbocycles. The van der Waals surface area contributed by atoms with E-state index in [4.69, 9.17) is 21.5 Å². The Labute approximate surface area is 180 Å². The van der Waals surface area contributed by atoms with E-state index in [0.29, 0.717) is 23.9 Å². The van der Waals surface area contributed by atoms with Crippen molar-refractivity contribution in [2.75, 3.05) is 26.9 Å². The van der Waals surface area contributed by atoms with E-state index in [1.165, 1.54) is 7.05 Å². The maximum atomic E-state index is 13.2. The molecular formula is C20H32N6O5. The molecular weight excluding hydrogens is 404 g/mol. The molecule has 1 aromatic heterocycles. The molecule has 2 rings (SSSR count). The number of fused-ring (bicyclic) bond motifs is 1. The highest BCUT2D eigenvalue weighted by atomic mass is 16.5. The molecule has 7 N–H and O–H groups in total. The lowest BCUT2D eigenvalue weighted by atomic mass is 10.1. The predicted molar refractivity (Wildman–Crippen MR) is 117 cm³/mol. The summed E-state index contributed by atoms with van der Waals surface area (Å²) in [6.45, 7) is 3.97. The number of amidine groups is 1. The first-order chi connectivity index (χ1) is 14.7. The number of nitrogens with zero attached hydrogens (tertiary/aromatic N) is 4. The van der Waals surface area contributed by atoms with Crippen LogP contribution in [0.1, 0.15) is 29.7 Å². The Morgan fingerprint density at radius 2 is 1.94 bits per heavy atom. The standard InChI is InChI=1S/C20H32N6O5/c1-12-8-16-17(9-13(12)2)26(20(30)18(23-16)19(24-21)25(3)22)6-4-14(28)5-7-31-11-15(29)10-27/h8-9,14-15,27-29H,4-7,10-11,21-22H2,1-3H3/b24-19-. The molecule has 2 atom stereocenters. The van der Waals surface area contributed by atoms with Crippen LogP contribution in [0.3, 0.4) is 0 Å². The minimum atomic E-state index is -0.942. The van der Waals surface area contributed by atoms with Gasteiger partial charge in [-0.3, -0.25) is 9.80 Å². The van der Waals surface area contributed by atoms with E-state index < -0.39 is 17.8 Å². The molecule has 0 aliphatic heterocycles. The van der Waals surface area contributed by atoms with Gasteiger partial charge >= 0.3 is 0 Å². The molecule has 0 bridgehead atoms. The largest absolute Gasteiger partial charge is 0.394 e. The number of nitrogens with two attached hydrogens (primary N) is 2. The molecule has 11 heteroatoms. The van der Waals surface area contributed by atoms with Gasteiger partial charge in [0.25, 0.3) is 5.56 Å². The summed E-state index contributed by atoms with van der Waals surface area (Å²) in [6.07, 6.45) is -1.05. The third kappa shape index (κ3) is 6.21. The fraction of sp³-hybridized carbons (Fsp3) is 0.550. The van der Waals surface area contributed by atoms with Crippen LogP contribution in [0.25, 0.3) is 11.0 Å². The number of benzene rings is 1. The number of aromatic nitrogens is 2. The average molecular weight is 437 g/mol. The number of rotatable bonds is 10. The van der Waals surface area contributed by atoms with Crippen molar-refractivity contribution in [3.63, 3.8) is 0 Å². The van der Waals surface area contributed by atoms with Gasteiger partial charge in [-0.2, -0.15) is 5.10 Å². The van der Waals surface area contributed by atoms with Crippen molar-refractivity contribution < 1.29 is 20.1 Å². The van der Waals surface area contributed by atoms with Gasteiger partial charge in [0.2, 0.25) is 0 Å². The fourth-order valence-electron chi connectivity index (χ4n) is 3.10. The van der Waals surface area contributed by atoms with Crippen LogP contribution in [0.15, 0.2) is 22.0 Å². The number of aliphatic hydroxyl groups excluding tert-OH is 3. The van der Waals surface area contributed by atoms with Crippen molar-refractivity contribution in [2.45, 2.75) is 45.4 Å². The van der Waals surface area contributed by atoms with Gasteiger partial charge in [-0.1, -0.05) is 0 Å². The highest BCUT2D eigenvalue weighted by Gasteiger charge is 2.19. The maximum absolute atomic E-state index is 13.2. The van der Waals surface area contributed by atoms with Crippen LogP contribution in [-0.4, -0.2) is 74.8 Å². The summed E-state index contributed by atoms with van der Waals surface area (Å²) in [6, 6.07) is 3.77. The Bertz CT molecular complexity index is 975. The molecule has 0 aliphatic carbocycles. The summed E-state index contributed by atoms with van der Waals surface area (Å²) >= 11 is 0. The molecule has 31 heavy (non-hydrogen) atoms. The smallest absolute Gasteiger partial charge is 0.280 e. The van der Waals surface area contributed by atoms with Crippen LogP contribution < -0.4 is 17.2 Å². The minimum absolute atomic E-state index is 0.00648. The van der Waals surface area contributed by atoms with E-state index in [0.717, 1.165) is 16.1 Å². The summed E-state index contributed by atoms with van der Waals surface area (Å²) in [7, 11) is 1.51. The summed E-state index contributed by atoms with van der Waals surface area (Å²) in [5.74, 6) is 11.3. The summed E-state index contributed by atoms with van der Waals surface area (Å²) in [5, 5.41) is 33.1. The van der Waals surface area contributed by atoms with Gasteiger partial charge in [-0.25, -0.2) is 10.8 Å². The lowest BCUT2D eigenvalue weighted by Gasteiger charge is -2.18. The normalized spacial score (nSPS) is 14.1. The van der Waals surface area contributed by atoms with Gasteiger partial charge in [-0.05, 0) is 49.9 Å². The van der Waals surface area contributed by atoms with Crippen molar-refractivity contribution in [1.29, 1.82) is 0 Å². The van der Waals surface area contributed by atoms with E-state index in [1.807, 2.05) is 26.0 Å².